The van der Waals surface area contributed by atoms with Gasteiger partial charge in [0.15, 0.2) is 0 Å². The molecular formula is C18H25N3O. The SMILES string of the molecule is CC(C)C12CN3CC(C)(CN(C1)C3c1ccc(N)cc1)C2=O. The van der Waals surface area contributed by atoms with Crippen molar-refractivity contribution in [2.75, 3.05) is 31.9 Å². The molecule has 2 atom stereocenters. The van der Waals surface area contributed by atoms with Crippen LogP contribution in [-0.4, -0.2) is 41.8 Å². The molecule has 4 nitrogen and oxygen atoms in total. The first-order valence-corrected chi connectivity index (χ1v) is 8.24. The largest absolute Gasteiger partial charge is 0.399 e. The minimum absolute atomic E-state index is 0.185. The molecule has 4 aliphatic heterocycles. The summed E-state index contributed by atoms with van der Waals surface area (Å²) >= 11 is 0. The molecule has 0 aliphatic carbocycles. The number of nitrogens with zero attached hydrogens (tertiary/aromatic N) is 2. The summed E-state index contributed by atoms with van der Waals surface area (Å²) in [5.41, 5.74) is 7.54. The first-order chi connectivity index (χ1) is 10.4. The second-order valence-corrected chi connectivity index (χ2v) is 8.05. The van der Waals surface area contributed by atoms with Crippen LogP contribution < -0.4 is 5.73 Å². The standard InChI is InChI=1S/C18H25N3O/c1-12(2)18-10-20-8-17(3,16(18)22)9-21(11-18)15(20)13-4-6-14(19)7-5-13/h4-7,12,15H,8-11,19H2,1-3H3. The van der Waals surface area contributed by atoms with E-state index >= 15 is 0 Å². The summed E-state index contributed by atoms with van der Waals surface area (Å²) in [6, 6.07) is 8.23. The summed E-state index contributed by atoms with van der Waals surface area (Å²) in [7, 11) is 0. The number of anilines is 1. The lowest BCUT2D eigenvalue weighted by atomic mass is 9.57. The normalized spacial score (nSPS) is 43.1. The Morgan fingerprint density at radius 2 is 1.64 bits per heavy atom. The minimum Gasteiger partial charge on any atom is -0.399 e. The van der Waals surface area contributed by atoms with Gasteiger partial charge in [-0.25, -0.2) is 0 Å². The van der Waals surface area contributed by atoms with Crippen LogP contribution in [0.1, 0.15) is 32.5 Å². The fraction of sp³-hybridized carbons (Fsp3) is 0.611. The summed E-state index contributed by atoms with van der Waals surface area (Å²) < 4.78 is 0. The van der Waals surface area contributed by atoms with E-state index in [-0.39, 0.29) is 10.8 Å². The van der Waals surface area contributed by atoms with E-state index in [0.29, 0.717) is 17.9 Å². The molecule has 2 N–H and O–H groups in total. The number of hydrogen-bond acceptors (Lipinski definition) is 4. The molecule has 4 aliphatic rings. The summed E-state index contributed by atoms with van der Waals surface area (Å²) in [5.74, 6) is 0.885. The highest BCUT2D eigenvalue weighted by molar-refractivity contribution is 5.93. The quantitative estimate of drug-likeness (QED) is 0.850. The Hall–Kier alpha value is -1.39. The van der Waals surface area contributed by atoms with Crippen LogP contribution in [0, 0.1) is 16.7 Å². The molecule has 0 aromatic heterocycles. The second kappa shape index (κ2) is 4.33. The van der Waals surface area contributed by atoms with Gasteiger partial charge in [-0.3, -0.25) is 14.6 Å². The molecule has 1 aromatic carbocycles. The monoisotopic (exact) mass is 299 g/mol. The third kappa shape index (κ3) is 1.68. The summed E-state index contributed by atoms with van der Waals surface area (Å²) in [6.07, 6.45) is 0.300. The van der Waals surface area contributed by atoms with Crippen molar-refractivity contribution in [3.05, 3.63) is 29.8 Å². The lowest BCUT2D eigenvalue weighted by molar-refractivity contribution is -0.207. The maximum atomic E-state index is 13.1. The number of Topliss-reactive ketones (excluding diaryl/α,β-unsaturated/α-hetero) is 1. The van der Waals surface area contributed by atoms with Crippen LogP contribution in [0.4, 0.5) is 5.69 Å². The van der Waals surface area contributed by atoms with Crippen molar-refractivity contribution < 1.29 is 4.79 Å². The molecule has 22 heavy (non-hydrogen) atoms. The van der Waals surface area contributed by atoms with Crippen LogP contribution in [0.5, 0.6) is 0 Å². The molecule has 4 heterocycles. The first-order valence-electron chi connectivity index (χ1n) is 8.24. The fourth-order valence-corrected chi connectivity index (χ4v) is 5.02. The number of nitrogen functional groups attached to an aromatic ring is 1. The molecule has 0 amide bonds. The molecule has 0 radical (unpaired) electrons. The van der Waals surface area contributed by atoms with Crippen LogP contribution in [0.15, 0.2) is 24.3 Å². The summed E-state index contributed by atoms with van der Waals surface area (Å²) in [6.45, 7) is 10.1. The molecular weight excluding hydrogens is 274 g/mol. The van der Waals surface area contributed by atoms with Crippen molar-refractivity contribution in [3.8, 4) is 0 Å². The third-order valence-electron chi connectivity index (χ3n) is 6.11. The Kier molecular flexibility index (Phi) is 2.80. The van der Waals surface area contributed by atoms with Gasteiger partial charge in [0, 0.05) is 31.9 Å². The molecule has 4 heteroatoms. The highest BCUT2D eigenvalue weighted by Gasteiger charge is 2.64. The maximum absolute atomic E-state index is 13.1. The van der Waals surface area contributed by atoms with Gasteiger partial charge in [-0.1, -0.05) is 32.9 Å². The van der Waals surface area contributed by atoms with Gasteiger partial charge in [-0.05, 0) is 23.6 Å². The molecule has 0 spiro atoms. The van der Waals surface area contributed by atoms with Crippen LogP contribution >= 0.6 is 0 Å². The van der Waals surface area contributed by atoms with Crippen molar-refractivity contribution in [1.82, 2.24) is 9.80 Å². The minimum atomic E-state index is -0.203. The third-order valence-corrected chi connectivity index (χ3v) is 6.11. The molecule has 0 saturated carbocycles. The lowest BCUT2D eigenvalue weighted by Gasteiger charge is -2.66. The van der Waals surface area contributed by atoms with Crippen LogP contribution in [-0.2, 0) is 4.79 Å². The van der Waals surface area contributed by atoms with Gasteiger partial charge in [-0.15, -0.1) is 0 Å². The highest BCUT2D eigenvalue weighted by atomic mass is 16.1. The zero-order chi connectivity index (χ0) is 15.7. The van der Waals surface area contributed by atoms with E-state index in [1.807, 2.05) is 12.1 Å². The van der Waals surface area contributed by atoms with E-state index in [1.165, 1.54) is 5.56 Å². The molecule has 4 bridgehead atoms. The molecule has 118 valence electrons. The van der Waals surface area contributed by atoms with Gasteiger partial charge in [0.05, 0.1) is 17.0 Å². The van der Waals surface area contributed by atoms with Crippen LogP contribution in [0.2, 0.25) is 0 Å². The van der Waals surface area contributed by atoms with Crippen LogP contribution in [0.3, 0.4) is 0 Å². The average molecular weight is 299 g/mol. The predicted molar refractivity (Wildman–Crippen MR) is 87.1 cm³/mol. The number of benzene rings is 1. The molecule has 4 fully saturated rings. The molecule has 5 rings (SSSR count). The second-order valence-electron chi connectivity index (χ2n) is 8.05. The Morgan fingerprint density at radius 1 is 1.09 bits per heavy atom. The zero-order valence-electron chi connectivity index (χ0n) is 13.7. The number of rotatable bonds is 2. The van der Waals surface area contributed by atoms with Crippen molar-refractivity contribution in [3.63, 3.8) is 0 Å². The number of piperidine rings is 2. The highest BCUT2D eigenvalue weighted by Crippen LogP contribution is 2.54. The Balaban J connectivity index is 1.75. The Morgan fingerprint density at radius 3 is 2.14 bits per heavy atom. The first kappa shape index (κ1) is 14.2. The van der Waals surface area contributed by atoms with Crippen molar-refractivity contribution in [2.24, 2.45) is 16.7 Å². The summed E-state index contributed by atoms with van der Waals surface area (Å²) in [5, 5.41) is 0. The van der Waals surface area contributed by atoms with Gasteiger partial charge < -0.3 is 5.73 Å². The van der Waals surface area contributed by atoms with Gasteiger partial charge in [-0.2, -0.15) is 0 Å². The Bertz CT molecular complexity index is 606. The number of nitrogens with two attached hydrogens (primary N) is 1. The van der Waals surface area contributed by atoms with E-state index in [0.717, 1.165) is 31.9 Å². The lowest BCUT2D eigenvalue weighted by Crippen LogP contribution is -2.77. The zero-order valence-corrected chi connectivity index (χ0v) is 13.7. The molecule has 4 saturated heterocycles. The van der Waals surface area contributed by atoms with E-state index in [9.17, 15) is 4.79 Å². The van der Waals surface area contributed by atoms with E-state index < -0.39 is 0 Å². The van der Waals surface area contributed by atoms with Gasteiger partial charge in [0.2, 0.25) is 0 Å². The van der Waals surface area contributed by atoms with E-state index in [4.69, 9.17) is 5.73 Å². The number of ketones is 1. The number of hydrogen-bond donors (Lipinski definition) is 1. The smallest absolute Gasteiger partial charge is 0.150 e. The van der Waals surface area contributed by atoms with E-state index in [2.05, 4.69) is 42.7 Å². The molecule has 2 unspecified atom stereocenters. The number of carbonyl (C=O) groups excluding carboxylic acids is 1. The van der Waals surface area contributed by atoms with E-state index in [1.54, 1.807) is 0 Å². The maximum Gasteiger partial charge on any atom is 0.150 e. The van der Waals surface area contributed by atoms with Crippen molar-refractivity contribution in [1.29, 1.82) is 0 Å². The average Bonchev–Trinajstić information content (AvgIpc) is 2.44. The Labute approximate surface area is 132 Å². The molecule has 1 aromatic rings. The topological polar surface area (TPSA) is 49.6 Å². The van der Waals surface area contributed by atoms with Gasteiger partial charge in [0.25, 0.3) is 0 Å². The van der Waals surface area contributed by atoms with Gasteiger partial charge >= 0.3 is 0 Å². The summed E-state index contributed by atoms with van der Waals surface area (Å²) in [4.78, 5) is 18.1. The van der Waals surface area contributed by atoms with Crippen molar-refractivity contribution >= 4 is 11.5 Å². The van der Waals surface area contributed by atoms with Crippen LogP contribution in [0.25, 0.3) is 0 Å². The predicted octanol–water partition coefficient (Wildman–Crippen LogP) is 2.13. The van der Waals surface area contributed by atoms with Gasteiger partial charge in [0.1, 0.15) is 5.78 Å². The number of carbonyl (C=O) groups is 1. The van der Waals surface area contributed by atoms with Crippen molar-refractivity contribution in [2.45, 2.75) is 26.9 Å². The fourth-order valence-electron chi connectivity index (χ4n) is 5.02.